The van der Waals surface area contributed by atoms with Crippen molar-refractivity contribution >= 4 is 9.84 Å². The summed E-state index contributed by atoms with van der Waals surface area (Å²) < 4.78 is 23.2. The zero-order valence-corrected chi connectivity index (χ0v) is 11.4. The predicted octanol–water partition coefficient (Wildman–Crippen LogP) is 1.98. The molecule has 1 aliphatic carbocycles. The van der Waals surface area contributed by atoms with E-state index in [9.17, 15) is 8.42 Å². The molecule has 1 fully saturated rings. The summed E-state index contributed by atoms with van der Waals surface area (Å²) in [6.07, 6.45) is 5.22. The fraction of sp³-hybridized carbons (Fsp3) is 1.00. The second-order valence-corrected chi connectivity index (χ2v) is 7.20. The Morgan fingerprint density at radius 1 is 1.25 bits per heavy atom. The molecule has 0 spiro atoms. The molecule has 0 aromatic carbocycles. The molecular weight excluding hydrogens is 222 g/mol. The minimum Gasteiger partial charge on any atom is -0.314 e. The molecule has 96 valence electrons. The Bertz CT molecular complexity index is 283. The molecule has 1 saturated carbocycles. The van der Waals surface area contributed by atoms with Gasteiger partial charge in [0.25, 0.3) is 0 Å². The quantitative estimate of drug-likeness (QED) is 0.677. The van der Waals surface area contributed by atoms with Crippen molar-refractivity contribution in [2.45, 2.75) is 52.0 Å². The number of hydrogen-bond acceptors (Lipinski definition) is 3. The molecule has 0 heterocycles. The van der Waals surface area contributed by atoms with Gasteiger partial charge in [-0.05, 0) is 38.1 Å². The summed E-state index contributed by atoms with van der Waals surface area (Å²) in [5, 5.41) is 3.48. The zero-order valence-electron chi connectivity index (χ0n) is 10.5. The third-order valence-corrected chi connectivity index (χ3v) is 5.09. The maximum atomic E-state index is 11.6. The Morgan fingerprint density at radius 2 is 1.94 bits per heavy atom. The minimum absolute atomic E-state index is 0.347. The van der Waals surface area contributed by atoms with Crippen LogP contribution in [0.25, 0.3) is 0 Å². The van der Waals surface area contributed by atoms with Crippen LogP contribution in [0.3, 0.4) is 0 Å². The van der Waals surface area contributed by atoms with Crippen molar-refractivity contribution in [2.75, 3.05) is 18.1 Å². The first-order valence-corrected chi connectivity index (χ1v) is 8.33. The Balaban J connectivity index is 2.21. The molecule has 0 aromatic heterocycles. The van der Waals surface area contributed by atoms with Crippen molar-refractivity contribution in [3.8, 4) is 0 Å². The normalized spacial score (nSPS) is 18.6. The summed E-state index contributed by atoms with van der Waals surface area (Å²) >= 11 is 0. The summed E-state index contributed by atoms with van der Waals surface area (Å²) in [5.74, 6) is 1.23. The van der Waals surface area contributed by atoms with Crippen LogP contribution >= 0.6 is 0 Å². The zero-order chi connectivity index (χ0) is 12.0. The van der Waals surface area contributed by atoms with E-state index in [0.29, 0.717) is 17.4 Å². The molecule has 1 N–H and O–H groups in total. The maximum Gasteiger partial charge on any atom is 0.150 e. The highest BCUT2D eigenvalue weighted by Crippen LogP contribution is 2.20. The SMILES string of the molecule is CCCS(=O)(=O)CCC(CC)CNC1CC1. The Morgan fingerprint density at radius 3 is 2.44 bits per heavy atom. The third kappa shape index (κ3) is 5.85. The second kappa shape index (κ2) is 6.60. The van der Waals surface area contributed by atoms with Crippen LogP contribution in [0.2, 0.25) is 0 Å². The average Bonchev–Trinajstić information content (AvgIpc) is 3.01. The summed E-state index contributed by atoms with van der Waals surface area (Å²) in [7, 11) is -2.79. The fourth-order valence-electron chi connectivity index (χ4n) is 1.83. The molecule has 0 amide bonds. The Kier molecular flexibility index (Phi) is 5.76. The summed E-state index contributed by atoms with van der Waals surface area (Å²) in [4.78, 5) is 0. The molecule has 4 heteroatoms. The molecule has 0 radical (unpaired) electrons. The number of sulfone groups is 1. The molecule has 1 atom stereocenters. The van der Waals surface area contributed by atoms with Crippen LogP contribution in [0.5, 0.6) is 0 Å². The molecule has 1 aliphatic rings. The topological polar surface area (TPSA) is 46.2 Å². The lowest BCUT2D eigenvalue weighted by Crippen LogP contribution is -2.26. The van der Waals surface area contributed by atoms with Gasteiger partial charge in [0.15, 0.2) is 0 Å². The monoisotopic (exact) mass is 247 g/mol. The first-order chi connectivity index (χ1) is 7.57. The van der Waals surface area contributed by atoms with E-state index >= 15 is 0 Å². The van der Waals surface area contributed by atoms with Gasteiger partial charge in [-0.25, -0.2) is 8.42 Å². The first kappa shape index (κ1) is 14.0. The van der Waals surface area contributed by atoms with Crippen molar-refractivity contribution in [2.24, 2.45) is 5.92 Å². The standard InChI is InChI=1S/C12H25NO2S/c1-3-8-16(14,15)9-7-11(4-2)10-13-12-5-6-12/h11-13H,3-10H2,1-2H3. The van der Waals surface area contributed by atoms with Crippen LogP contribution in [0.15, 0.2) is 0 Å². The highest BCUT2D eigenvalue weighted by atomic mass is 32.2. The van der Waals surface area contributed by atoms with Gasteiger partial charge in [-0.3, -0.25) is 0 Å². The highest BCUT2D eigenvalue weighted by Gasteiger charge is 2.22. The van der Waals surface area contributed by atoms with Crippen LogP contribution < -0.4 is 5.32 Å². The molecule has 0 aromatic rings. The Labute approximate surface area is 99.9 Å². The summed E-state index contributed by atoms with van der Waals surface area (Å²) in [6.45, 7) is 5.05. The molecule has 3 nitrogen and oxygen atoms in total. The third-order valence-electron chi connectivity index (χ3n) is 3.20. The van der Waals surface area contributed by atoms with E-state index in [1.807, 2.05) is 6.92 Å². The molecule has 0 bridgehead atoms. The van der Waals surface area contributed by atoms with E-state index in [1.54, 1.807) is 0 Å². The van der Waals surface area contributed by atoms with Crippen molar-refractivity contribution in [3.63, 3.8) is 0 Å². The van der Waals surface area contributed by atoms with E-state index in [1.165, 1.54) is 12.8 Å². The molecule has 0 saturated heterocycles. The van der Waals surface area contributed by atoms with Crippen LogP contribution in [0.4, 0.5) is 0 Å². The lowest BCUT2D eigenvalue weighted by molar-refractivity contribution is 0.447. The number of nitrogens with one attached hydrogen (secondary N) is 1. The molecule has 16 heavy (non-hydrogen) atoms. The van der Waals surface area contributed by atoms with Crippen LogP contribution in [0, 0.1) is 5.92 Å². The largest absolute Gasteiger partial charge is 0.314 e. The van der Waals surface area contributed by atoms with Gasteiger partial charge in [0.2, 0.25) is 0 Å². The first-order valence-electron chi connectivity index (χ1n) is 6.51. The maximum absolute atomic E-state index is 11.6. The second-order valence-electron chi connectivity index (χ2n) is 4.90. The van der Waals surface area contributed by atoms with Crippen molar-refractivity contribution in [3.05, 3.63) is 0 Å². The van der Waals surface area contributed by atoms with Gasteiger partial charge >= 0.3 is 0 Å². The van der Waals surface area contributed by atoms with Gasteiger partial charge in [0.1, 0.15) is 9.84 Å². The van der Waals surface area contributed by atoms with Gasteiger partial charge in [0.05, 0.1) is 5.75 Å². The van der Waals surface area contributed by atoms with E-state index in [-0.39, 0.29) is 0 Å². The fourth-order valence-corrected chi connectivity index (χ4v) is 3.35. The molecule has 1 rings (SSSR count). The lowest BCUT2D eigenvalue weighted by Gasteiger charge is -2.15. The molecule has 0 aliphatic heterocycles. The Hall–Kier alpha value is -0.0900. The number of rotatable bonds is 9. The minimum atomic E-state index is -2.79. The van der Waals surface area contributed by atoms with Crippen molar-refractivity contribution in [1.82, 2.24) is 5.32 Å². The van der Waals surface area contributed by atoms with E-state index in [2.05, 4.69) is 12.2 Å². The summed E-state index contributed by atoms with van der Waals surface area (Å²) in [5.41, 5.74) is 0. The lowest BCUT2D eigenvalue weighted by atomic mass is 10.0. The van der Waals surface area contributed by atoms with Gasteiger partial charge in [-0.2, -0.15) is 0 Å². The van der Waals surface area contributed by atoms with E-state index < -0.39 is 9.84 Å². The molecule has 1 unspecified atom stereocenters. The smallest absolute Gasteiger partial charge is 0.150 e. The highest BCUT2D eigenvalue weighted by molar-refractivity contribution is 7.91. The van der Waals surface area contributed by atoms with Crippen LogP contribution in [0.1, 0.15) is 46.0 Å². The van der Waals surface area contributed by atoms with Gasteiger partial charge in [0, 0.05) is 11.8 Å². The number of hydrogen-bond donors (Lipinski definition) is 1. The van der Waals surface area contributed by atoms with Gasteiger partial charge < -0.3 is 5.32 Å². The van der Waals surface area contributed by atoms with Crippen LogP contribution in [-0.4, -0.2) is 32.5 Å². The van der Waals surface area contributed by atoms with Crippen LogP contribution in [-0.2, 0) is 9.84 Å². The van der Waals surface area contributed by atoms with E-state index in [4.69, 9.17) is 0 Å². The predicted molar refractivity (Wildman–Crippen MR) is 68.4 cm³/mol. The van der Waals surface area contributed by atoms with Gasteiger partial charge in [-0.15, -0.1) is 0 Å². The molecular formula is C12H25NO2S. The van der Waals surface area contributed by atoms with Crippen molar-refractivity contribution < 1.29 is 8.42 Å². The van der Waals surface area contributed by atoms with Crippen molar-refractivity contribution in [1.29, 1.82) is 0 Å². The summed E-state index contributed by atoms with van der Waals surface area (Å²) in [6, 6.07) is 0.723. The van der Waals surface area contributed by atoms with Gasteiger partial charge in [-0.1, -0.05) is 20.3 Å². The van der Waals surface area contributed by atoms with E-state index in [0.717, 1.165) is 31.8 Å². The average molecular weight is 247 g/mol.